The third-order valence-corrected chi connectivity index (χ3v) is 3.94. The van der Waals surface area contributed by atoms with Crippen molar-refractivity contribution in [2.45, 2.75) is 17.5 Å². The molecule has 2 rings (SSSR count). The molecular formula is C7H7NO4S2. The van der Waals surface area contributed by atoms with Crippen molar-refractivity contribution in [3.63, 3.8) is 0 Å². The van der Waals surface area contributed by atoms with Gasteiger partial charge in [-0.2, -0.15) is 0 Å². The number of hydrogen-bond acceptors (Lipinski definition) is 5. The molecule has 3 unspecified atom stereocenters. The van der Waals surface area contributed by atoms with E-state index in [0.717, 1.165) is 0 Å². The summed E-state index contributed by atoms with van der Waals surface area (Å²) in [4.78, 5) is 23.5. The molecule has 0 radical (unpaired) electrons. The van der Waals surface area contributed by atoms with E-state index in [1.807, 2.05) is 0 Å². The van der Waals surface area contributed by atoms with E-state index in [-0.39, 0.29) is 11.3 Å². The van der Waals surface area contributed by atoms with Crippen LogP contribution in [0.15, 0.2) is 0 Å². The Hall–Kier alpha value is -0.660. The summed E-state index contributed by atoms with van der Waals surface area (Å²) in [5.41, 5.74) is 0. The summed E-state index contributed by atoms with van der Waals surface area (Å²) < 4.78 is 5.25. The van der Waals surface area contributed by atoms with E-state index < -0.39 is 18.1 Å². The van der Waals surface area contributed by atoms with Gasteiger partial charge in [-0.05, 0) is 0 Å². The number of ether oxygens (including phenoxy) is 1. The molecule has 1 N–H and O–H groups in total. The van der Waals surface area contributed by atoms with Crippen LogP contribution in [0.3, 0.4) is 0 Å². The topological polar surface area (TPSA) is 66.8 Å². The van der Waals surface area contributed by atoms with E-state index in [0.29, 0.717) is 4.20 Å². The van der Waals surface area contributed by atoms with Crippen LogP contribution < -0.4 is 0 Å². The minimum absolute atomic E-state index is 0.249. The zero-order valence-electron chi connectivity index (χ0n) is 7.17. The molecule has 1 amide bonds. The SMILES string of the molecule is COC1C(=O)N2C(C(=O)O)C(=S)SC12. The van der Waals surface area contributed by atoms with Gasteiger partial charge < -0.3 is 14.7 Å². The Morgan fingerprint density at radius 1 is 1.71 bits per heavy atom. The highest BCUT2D eigenvalue weighted by Gasteiger charge is 2.59. The monoisotopic (exact) mass is 233 g/mol. The second kappa shape index (κ2) is 3.18. The van der Waals surface area contributed by atoms with E-state index in [1.54, 1.807) is 0 Å². The van der Waals surface area contributed by atoms with E-state index in [9.17, 15) is 9.59 Å². The molecule has 5 nitrogen and oxygen atoms in total. The number of carbonyl (C=O) groups excluding carboxylic acids is 1. The number of nitrogens with zero attached hydrogens (tertiary/aromatic N) is 1. The molecule has 2 saturated heterocycles. The minimum Gasteiger partial charge on any atom is -0.479 e. The maximum absolute atomic E-state index is 11.4. The Bertz CT molecular complexity index is 332. The number of aliphatic carboxylic acids is 1. The van der Waals surface area contributed by atoms with Gasteiger partial charge in [-0.1, -0.05) is 24.0 Å². The summed E-state index contributed by atoms with van der Waals surface area (Å²) >= 11 is 6.12. The van der Waals surface area contributed by atoms with Crippen molar-refractivity contribution in [2.24, 2.45) is 0 Å². The lowest BCUT2D eigenvalue weighted by Crippen LogP contribution is -2.65. The molecule has 0 aromatic heterocycles. The molecule has 0 bridgehead atoms. The average Bonchev–Trinajstić information content (AvgIpc) is 2.40. The standard InChI is InChI=1S/C7H7NO4S2/c1-12-3-4(9)8-2(6(10)11)7(13)14-5(3)8/h2-3,5H,1H3,(H,10,11). The number of carboxylic acids is 1. The normalized spacial score (nSPS) is 35.5. The van der Waals surface area contributed by atoms with Crippen molar-refractivity contribution in [1.29, 1.82) is 0 Å². The molecule has 3 atom stereocenters. The number of methoxy groups -OCH3 is 1. The van der Waals surface area contributed by atoms with E-state index in [4.69, 9.17) is 22.1 Å². The first kappa shape index (κ1) is 9.88. The maximum atomic E-state index is 11.4. The molecule has 2 heterocycles. The van der Waals surface area contributed by atoms with Crippen LogP contribution in [0.2, 0.25) is 0 Å². The molecule has 76 valence electrons. The van der Waals surface area contributed by atoms with Crippen LogP contribution in [-0.4, -0.2) is 50.7 Å². The Morgan fingerprint density at radius 3 is 2.86 bits per heavy atom. The number of rotatable bonds is 2. The highest BCUT2D eigenvalue weighted by molar-refractivity contribution is 8.24. The number of carboxylic acid groups (broad SMARTS) is 1. The highest BCUT2D eigenvalue weighted by atomic mass is 32.2. The third-order valence-electron chi connectivity index (χ3n) is 2.26. The van der Waals surface area contributed by atoms with Gasteiger partial charge in [-0.3, -0.25) is 4.79 Å². The van der Waals surface area contributed by atoms with E-state index >= 15 is 0 Å². The van der Waals surface area contributed by atoms with Gasteiger partial charge in [0, 0.05) is 7.11 Å². The minimum atomic E-state index is -1.08. The fourth-order valence-electron chi connectivity index (χ4n) is 1.58. The lowest BCUT2D eigenvalue weighted by molar-refractivity contribution is -0.168. The number of carbonyl (C=O) groups is 2. The first-order valence-corrected chi connectivity index (χ1v) is 5.15. The lowest BCUT2D eigenvalue weighted by atomic mass is 10.1. The zero-order valence-corrected chi connectivity index (χ0v) is 8.80. The van der Waals surface area contributed by atoms with Crippen molar-refractivity contribution in [2.75, 3.05) is 7.11 Å². The summed E-state index contributed by atoms with van der Waals surface area (Å²) in [6, 6.07) is -0.959. The molecule has 2 aliphatic rings. The number of thioether (sulfide) groups is 1. The quantitative estimate of drug-likeness (QED) is 0.521. The Balaban J connectivity index is 2.23. The number of β-lactam (4-membered cyclic amide) rings is 1. The van der Waals surface area contributed by atoms with E-state index in [2.05, 4.69) is 0 Å². The van der Waals surface area contributed by atoms with Crippen LogP contribution in [0.4, 0.5) is 0 Å². The van der Waals surface area contributed by atoms with Crippen LogP contribution in [0, 0.1) is 0 Å². The smallest absolute Gasteiger partial charge is 0.332 e. The van der Waals surface area contributed by atoms with Crippen molar-refractivity contribution in [3.8, 4) is 0 Å². The van der Waals surface area contributed by atoms with Crippen molar-refractivity contribution in [3.05, 3.63) is 0 Å². The fourth-order valence-corrected chi connectivity index (χ4v) is 3.37. The maximum Gasteiger partial charge on any atom is 0.332 e. The second-order valence-electron chi connectivity index (χ2n) is 2.97. The average molecular weight is 233 g/mol. The molecule has 7 heteroatoms. The highest BCUT2D eigenvalue weighted by Crippen LogP contribution is 2.42. The molecular weight excluding hydrogens is 226 g/mol. The number of amides is 1. The third kappa shape index (κ3) is 1.09. The lowest BCUT2D eigenvalue weighted by Gasteiger charge is -2.41. The number of thiocarbonyl (C=S) groups is 1. The van der Waals surface area contributed by atoms with Crippen molar-refractivity contribution < 1.29 is 19.4 Å². The van der Waals surface area contributed by atoms with E-state index in [1.165, 1.54) is 23.8 Å². The predicted molar refractivity (Wildman–Crippen MR) is 53.0 cm³/mol. The van der Waals surface area contributed by atoms with Crippen LogP contribution in [-0.2, 0) is 14.3 Å². The molecule has 14 heavy (non-hydrogen) atoms. The Labute approximate surface area is 89.4 Å². The molecule has 2 fully saturated rings. The van der Waals surface area contributed by atoms with Crippen LogP contribution in [0.5, 0.6) is 0 Å². The first-order chi connectivity index (χ1) is 6.57. The fraction of sp³-hybridized carbons (Fsp3) is 0.571. The molecule has 0 aromatic rings. The van der Waals surface area contributed by atoms with Gasteiger partial charge >= 0.3 is 5.97 Å². The molecule has 0 aliphatic carbocycles. The number of hydrogen-bond donors (Lipinski definition) is 1. The van der Waals surface area contributed by atoms with Crippen LogP contribution in [0.25, 0.3) is 0 Å². The van der Waals surface area contributed by atoms with Gasteiger partial charge in [-0.15, -0.1) is 0 Å². The summed E-state index contributed by atoms with van der Waals surface area (Å²) in [6.07, 6.45) is -0.540. The summed E-state index contributed by atoms with van der Waals surface area (Å²) in [7, 11) is 1.43. The molecule has 0 aromatic carbocycles. The summed E-state index contributed by atoms with van der Waals surface area (Å²) in [6.45, 7) is 0. The van der Waals surface area contributed by atoms with Crippen LogP contribution in [0.1, 0.15) is 0 Å². The van der Waals surface area contributed by atoms with Crippen molar-refractivity contribution in [1.82, 2.24) is 4.90 Å². The molecule has 0 spiro atoms. The van der Waals surface area contributed by atoms with Gasteiger partial charge in [0.25, 0.3) is 5.91 Å². The zero-order chi connectivity index (χ0) is 10.5. The Morgan fingerprint density at radius 2 is 2.36 bits per heavy atom. The predicted octanol–water partition coefficient (Wildman–Crippen LogP) is -0.303. The van der Waals surface area contributed by atoms with Gasteiger partial charge in [0.1, 0.15) is 5.37 Å². The van der Waals surface area contributed by atoms with Crippen molar-refractivity contribution >= 4 is 40.1 Å². The first-order valence-electron chi connectivity index (χ1n) is 3.86. The van der Waals surface area contributed by atoms with Crippen LogP contribution >= 0.6 is 24.0 Å². The second-order valence-corrected chi connectivity index (χ2v) is 4.83. The largest absolute Gasteiger partial charge is 0.479 e. The van der Waals surface area contributed by atoms with Gasteiger partial charge in [0.15, 0.2) is 12.1 Å². The molecule has 0 saturated carbocycles. The van der Waals surface area contributed by atoms with Gasteiger partial charge in [0.2, 0.25) is 0 Å². The summed E-state index contributed by atoms with van der Waals surface area (Å²) in [5.74, 6) is -1.37. The molecule has 2 aliphatic heterocycles. The summed E-state index contributed by atoms with van der Waals surface area (Å²) in [5, 5.41) is 8.60. The van der Waals surface area contributed by atoms with Gasteiger partial charge in [-0.25, -0.2) is 4.79 Å². The van der Waals surface area contributed by atoms with Gasteiger partial charge in [0.05, 0.1) is 4.20 Å². The number of fused-ring (bicyclic) bond motifs is 1. The Kier molecular flexibility index (Phi) is 2.24.